The summed E-state index contributed by atoms with van der Waals surface area (Å²) < 4.78 is 5.46. The number of nitrogens with zero attached hydrogens (tertiary/aromatic N) is 3. The van der Waals surface area contributed by atoms with Gasteiger partial charge in [-0.2, -0.15) is 0 Å². The number of rotatable bonds is 3. The van der Waals surface area contributed by atoms with E-state index in [-0.39, 0.29) is 0 Å². The molecule has 0 aliphatic carbocycles. The van der Waals surface area contributed by atoms with Gasteiger partial charge in [-0.05, 0) is 20.8 Å². The lowest BCUT2D eigenvalue weighted by molar-refractivity contribution is 0.478. The standard InChI is InChI=1S/C11H13ClN4O/c1-6-10(12)14-5-15-11(6)13-4-9-16-7(2)8(3)17-9/h5H,4H2,1-3H3,(H,13,14,15). The Hall–Kier alpha value is -1.62. The molecule has 90 valence electrons. The Kier molecular flexibility index (Phi) is 3.28. The van der Waals surface area contributed by atoms with E-state index in [4.69, 9.17) is 16.0 Å². The van der Waals surface area contributed by atoms with Gasteiger partial charge in [0.05, 0.1) is 12.2 Å². The van der Waals surface area contributed by atoms with Crippen LogP contribution in [-0.4, -0.2) is 15.0 Å². The van der Waals surface area contributed by atoms with E-state index in [0.717, 1.165) is 17.0 Å². The molecule has 2 rings (SSSR count). The molecular weight excluding hydrogens is 240 g/mol. The van der Waals surface area contributed by atoms with Crippen molar-refractivity contribution in [1.29, 1.82) is 0 Å². The highest BCUT2D eigenvalue weighted by molar-refractivity contribution is 6.30. The molecule has 0 bridgehead atoms. The summed E-state index contributed by atoms with van der Waals surface area (Å²) in [7, 11) is 0. The van der Waals surface area contributed by atoms with Gasteiger partial charge < -0.3 is 9.73 Å². The van der Waals surface area contributed by atoms with Crippen molar-refractivity contribution in [3.8, 4) is 0 Å². The zero-order valence-electron chi connectivity index (χ0n) is 9.91. The van der Waals surface area contributed by atoms with Crippen molar-refractivity contribution >= 4 is 17.4 Å². The molecule has 6 heteroatoms. The minimum atomic E-state index is 0.447. The predicted octanol–water partition coefficient (Wildman–Crippen LogP) is 2.66. The monoisotopic (exact) mass is 252 g/mol. The second-order valence-corrected chi connectivity index (χ2v) is 4.10. The third-order valence-electron chi connectivity index (χ3n) is 2.50. The second-order valence-electron chi connectivity index (χ2n) is 3.74. The summed E-state index contributed by atoms with van der Waals surface area (Å²) >= 11 is 5.89. The number of hydrogen-bond donors (Lipinski definition) is 1. The van der Waals surface area contributed by atoms with Crippen LogP contribution in [-0.2, 0) is 6.54 Å². The van der Waals surface area contributed by atoms with Crippen molar-refractivity contribution < 1.29 is 4.42 Å². The molecule has 2 heterocycles. The number of anilines is 1. The summed E-state index contributed by atoms with van der Waals surface area (Å²) in [5.74, 6) is 2.16. The van der Waals surface area contributed by atoms with Gasteiger partial charge in [0.1, 0.15) is 23.1 Å². The van der Waals surface area contributed by atoms with E-state index in [9.17, 15) is 0 Å². The van der Waals surface area contributed by atoms with Gasteiger partial charge in [0.2, 0.25) is 5.89 Å². The van der Waals surface area contributed by atoms with E-state index in [1.165, 1.54) is 6.33 Å². The second kappa shape index (κ2) is 4.71. The van der Waals surface area contributed by atoms with E-state index in [1.54, 1.807) is 0 Å². The molecule has 0 aliphatic rings. The fraction of sp³-hybridized carbons (Fsp3) is 0.364. The Morgan fingerprint density at radius 3 is 2.71 bits per heavy atom. The van der Waals surface area contributed by atoms with Gasteiger partial charge in [0, 0.05) is 5.56 Å². The van der Waals surface area contributed by atoms with E-state index in [0.29, 0.717) is 23.4 Å². The fourth-order valence-corrected chi connectivity index (χ4v) is 1.51. The highest BCUT2D eigenvalue weighted by atomic mass is 35.5. The van der Waals surface area contributed by atoms with Crippen LogP contribution < -0.4 is 5.32 Å². The van der Waals surface area contributed by atoms with Crippen molar-refractivity contribution in [2.45, 2.75) is 27.3 Å². The van der Waals surface area contributed by atoms with Crippen LogP contribution in [0.3, 0.4) is 0 Å². The number of oxazole rings is 1. The Bertz CT molecular complexity index is 519. The van der Waals surface area contributed by atoms with E-state index in [1.807, 2.05) is 20.8 Å². The number of aromatic nitrogens is 3. The minimum Gasteiger partial charge on any atom is -0.444 e. The van der Waals surface area contributed by atoms with Gasteiger partial charge in [0.15, 0.2) is 0 Å². The van der Waals surface area contributed by atoms with Crippen molar-refractivity contribution in [3.05, 3.63) is 34.4 Å². The Balaban J connectivity index is 2.10. The third-order valence-corrected chi connectivity index (χ3v) is 2.88. The summed E-state index contributed by atoms with van der Waals surface area (Å²) in [6.07, 6.45) is 1.42. The molecule has 0 saturated carbocycles. The molecule has 0 atom stereocenters. The molecule has 0 saturated heterocycles. The maximum absolute atomic E-state index is 5.89. The first-order chi connectivity index (χ1) is 8.08. The Morgan fingerprint density at radius 1 is 1.29 bits per heavy atom. The number of nitrogens with one attached hydrogen (secondary N) is 1. The quantitative estimate of drug-likeness (QED) is 0.851. The van der Waals surface area contributed by atoms with Crippen LogP contribution in [0.2, 0.25) is 5.15 Å². The predicted molar refractivity (Wildman–Crippen MR) is 65.1 cm³/mol. The van der Waals surface area contributed by atoms with E-state index < -0.39 is 0 Å². The molecule has 0 unspecified atom stereocenters. The molecule has 2 aromatic heterocycles. The molecule has 5 nitrogen and oxygen atoms in total. The van der Waals surface area contributed by atoms with Crippen molar-refractivity contribution in [2.75, 3.05) is 5.32 Å². The smallest absolute Gasteiger partial charge is 0.213 e. The molecule has 0 fully saturated rings. The van der Waals surface area contributed by atoms with Crippen LogP contribution in [0, 0.1) is 20.8 Å². The van der Waals surface area contributed by atoms with E-state index >= 15 is 0 Å². The Labute approximate surface area is 104 Å². The zero-order valence-corrected chi connectivity index (χ0v) is 10.7. The SMILES string of the molecule is Cc1nc(CNc2ncnc(Cl)c2C)oc1C. The van der Waals surface area contributed by atoms with Gasteiger partial charge in [0.25, 0.3) is 0 Å². The first-order valence-electron chi connectivity index (χ1n) is 5.22. The van der Waals surface area contributed by atoms with Crippen LogP contribution in [0.25, 0.3) is 0 Å². The van der Waals surface area contributed by atoms with Gasteiger partial charge in [-0.1, -0.05) is 11.6 Å². The van der Waals surface area contributed by atoms with Crippen LogP contribution in [0.1, 0.15) is 22.9 Å². The van der Waals surface area contributed by atoms with Crippen LogP contribution in [0.4, 0.5) is 5.82 Å². The Morgan fingerprint density at radius 2 is 2.06 bits per heavy atom. The average Bonchev–Trinajstić information content (AvgIpc) is 2.61. The fourth-order valence-electron chi connectivity index (χ4n) is 1.38. The number of aryl methyl sites for hydroxylation is 2. The summed E-state index contributed by atoms with van der Waals surface area (Å²) in [5.41, 5.74) is 1.72. The lowest BCUT2D eigenvalue weighted by atomic mass is 10.3. The lowest BCUT2D eigenvalue weighted by Gasteiger charge is -2.06. The summed E-state index contributed by atoms with van der Waals surface area (Å²) in [6.45, 7) is 6.13. The van der Waals surface area contributed by atoms with Crippen molar-refractivity contribution in [1.82, 2.24) is 15.0 Å². The van der Waals surface area contributed by atoms with Crippen LogP contribution >= 0.6 is 11.6 Å². The van der Waals surface area contributed by atoms with Gasteiger partial charge in [-0.3, -0.25) is 0 Å². The summed E-state index contributed by atoms with van der Waals surface area (Å²) in [4.78, 5) is 12.3. The van der Waals surface area contributed by atoms with Gasteiger partial charge in [-0.15, -0.1) is 0 Å². The molecule has 17 heavy (non-hydrogen) atoms. The largest absolute Gasteiger partial charge is 0.444 e. The molecule has 0 amide bonds. The first-order valence-corrected chi connectivity index (χ1v) is 5.59. The molecule has 0 aromatic carbocycles. The average molecular weight is 253 g/mol. The molecule has 0 spiro atoms. The number of halogens is 1. The molecule has 1 N–H and O–H groups in total. The molecular formula is C11H13ClN4O. The normalized spacial score (nSPS) is 10.6. The van der Waals surface area contributed by atoms with Crippen LogP contribution in [0.15, 0.2) is 10.7 Å². The molecule has 0 aliphatic heterocycles. The lowest BCUT2D eigenvalue weighted by Crippen LogP contribution is -2.04. The van der Waals surface area contributed by atoms with Gasteiger partial charge in [-0.25, -0.2) is 15.0 Å². The van der Waals surface area contributed by atoms with Gasteiger partial charge >= 0.3 is 0 Å². The third kappa shape index (κ3) is 2.55. The summed E-state index contributed by atoms with van der Waals surface area (Å²) in [5, 5.41) is 3.57. The zero-order chi connectivity index (χ0) is 12.4. The highest BCUT2D eigenvalue weighted by Gasteiger charge is 2.08. The van der Waals surface area contributed by atoms with Crippen molar-refractivity contribution in [2.24, 2.45) is 0 Å². The molecule has 2 aromatic rings. The number of hydrogen-bond acceptors (Lipinski definition) is 5. The molecule has 0 radical (unpaired) electrons. The minimum absolute atomic E-state index is 0.447. The topological polar surface area (TPSA) is 63.8 Å². The summed E-state index contributed by atoms with van der Waals surface area (Å²) in [6, 6.07) is 0. The highest BCUT2D eigenvalue weighted by Crippen LogP contribution is 2.18. The maximum atomic E-state index is 5.89. The van der Waals surface area contributed by atoms with E-state index in [2.05, 4.69) is 20.3 Å². The maximum Gasteiger partial charge on any atom is 0.213 e. The van der Waals surface area contributed by atoms with Crippen molar-refractivity contribution in [3.63, 3.8) is 0 Å². The first kappa shape index (κ1) is 11.9. The van der Waals surface area contributed by atoms with Crippen LogP contribution in [0.5, 0.6) is 0 Å².